The molecule has 1 fully saturated rings. The summed E-state index contributed by atoms with van der Waals surface area (Å²) in [7, 11) is 0. The minimum absolute atomic E-state index is 0.0695. The lowest BCUT2D eigenvalue weighted by molar-refractivity contribution is -0.130. The topological polar surface area (TPSA) is 137 Å². The zero-order valence-electron chi connectivity index (χ0n) is 30.8. The number of β-amino-alcohol motifs (C(OH)–C–C–N with tert-alkyl or cyclic N) is 1. The van der Waals surface area contributed by atoms with Crippen molar-refractivity contribution in [1.29, 1.82) is 0 Å². The molecule has 1 saturated heterocycles. The Bertz CT molecular complexity index is 1780. The van der Waals surface area contributed by atoms with Gasteiger partial charge in [-0.3, -0.25) is 24.3 Å². The van der Waals surface area contributed by atoms with Crippen LogP contribution in [0.3, 0.4) is 0 Å². The number of nitrogens with zero attached hydrogens (tertiary/aromatic N) is 3. The summed E-state index contributed by atoms with van der Waals surface area (Å²) >= 11 is 1.83. The number of para-hydroxylation sites is 1. The molecule has 0 bridgehead atoms. The predicted molar refractivity (Wildman–Crippen MR) is 208 cm³/mol. The fourth-order valence-corrected chi connectivity index (χ4v) is 7.70. The Morgan fingerprint density at radius 1 is 0.942 bits per heavy atom. The third-order valence-electron chi connectivity index (χ3n) is 9.25. The highest BCUT2D eigenvalue weighted by molar-refractivity contribution is 7.99. The van der Waals surface area contributed by atoms with E-state index in [4.69, 9.17) is 0 Å². The Labute approximate surface area is 311 Å². The smallest absolute Gasteiger partial charge is 0.270 e. The monoisotopic (exact) mass is 724 g/mol. The fourth-order valence-electron chi connectivity index (χ4n) is 6.51. The number of benzene rings is 2. The summed E-state index contributed by atoms with van der Waals surface area (Å²) in [6.45, 7) is 10.5. The van der Waals surface area contributed by atoms with Crippen LogP contribution < -0.4 is 16.0 Å². The highest BCUT2D eigenvalue weighted by atomic mass is 32.2. The van der Waals surface area contributed by atoms with Crippen molar-refractivity contribution in [2.75, 3.05) is 13.1 Å². The number of piperidine rings is 1. The van der Waals surface area contributed by atoms with Crippen LogP contribution in [0.25, 0.3) is 10.9 Å². The van der Waals surface area contributed by atoms with E-state index in [1.807, 2.05) is 119 Å². The average Bonchev–Trinajstić information content (AvgIpc) is 3.12. The predicted octanol–water partition coefficient (Wildman–Crippen LogP) is 5.15. The fraction of sp³-hybridized carbons (Fsp3) is 0.439. The minimum Gasteiger partial charge on any atom is -0.390 e. The molecule has 3 heterocycles. The van der Waals surface area contributed by atoms with Gasteiger partial charge < -0.3 is 21.1 Å². The number of rotatable bonds is 14. The van der Waals surface area contributed by atoms with Gasteiger partial charge in [-0.2, -0.15) is 11.8 Å². The number of nitrogens with one attached hydrogen (secondary N) is 3. The van der Waals surface area contributed by atoms with Gasteiger partial charge in [-0.15, -0.1) is 0 Å². The van der Waals surface area contributed by atoms with E-state index in [2.05, 4.69) is 36.9 Å². The van der Waals surface area contributed by atoms with Gasteiger partial charge in [0.1, 0.15) is 11.7 Å². The summed E-state index contributed by atoms with van der Waals surface area (Å²) in [5, 5.41) is 22.2. The van der Waals surface area contributed by atoms with E-state index >= 15 is 0 Å². The number of carbonyl (C=O) groups is 3. The number of carbonyl (C=O) groups excluding carboxylic acids is 3. The number of hydrogen-bond acceptors (Lipinski definition) is 8. The molecule has 4 N–H and O–H groups in total. The van der Waals surface area contributed by atoms with Gasteiger partial charge in [0.2, 0.25) is 11.8 Å². The first-order chi connectivity index (χ1) is 24.9. The lowest BCUT2D eigenvalue weighted by Gasteiger charge is -2.41. The summed E-state index contributed by atoms with van der Waals surface area (Å²) in [5.74, 6) is -0.342. The van der Waals surface area contributed by atoms with E-state index in [0.29, 0.717) is 24.9 Å². The van der Waals surface area contributed by atoms with E-state index < -0.39 is 41.6 Å². The Kier molecular flexibility index (Phi) is 13.4. The Morgan fingerprint density at radius 3 is 2.38 bits per heavy atom. The molecule has 2 aromatic heterocycles. The van der Waals surface area contributed by atoms with Crippen LogP contribution in [-0.2, 0) is 21.8 Å². The summed E-state index contributed by atoms with van der Waals surface area (Å²) in [6.07, 6.45) is 4.50. The molecule has 4 aromatic rings. The summed E-state index contributed by atoms with van der Waals surface area (Å²) < 4.78 is 0. The number of aliphatic hydroxyl groups is 1. The first-order valence-corrected chi connectivity index (χ1v) is 19.2. The normalized spacial score (nSPS) is 18.4. The van der Waals surface area contributed by atoms with Gasteiger partial charge in [-0.1, -0.05) is 74.5 Å². The number of hydrogen-bond donors (Lipinski definition) is 4. The van der Waals surface area contributed by atoms with Gasteiger partial charge in [0.25, 0.3) is 5.91 Å². The van der Waals surface area contributed by atoms with Gasteiger partial charge in [0.15, 0.2) is 0 Å². The molecule has 5 atom stereocenters. The number of pyridine rings is 2. The number of aromatic nitrogens is 2. The highest BCUT2D eigenvalue weighted by Gasteiger charge is 2.38. The van der Waals surface area contributed by atoms with Gasteiger partial charge in [0.05, 0.1) is 23.7 Å². The van der Waals surface area contributed by atoms with Gasteiger partial charge in [-0.05, 0) is 75.3 Å². The van der Waals surface area contributed by atoms with Crippen molar-refractivity contribution in [2.45, 2.75) is 94.7 Å². The average molecular weight is 725 g/mol. The molecule has 52 heavy (non-hydrogen) atoms. The van der Waals surface area contributed by atoms with Crippen LogP contribution in [-0.4, -0.2) is 85.8 Å². The quantitative estimate of drug-likeness (QED) is 0.140. The van der Waals surface area contributed by atoms with Crippen molar-refractivity contribution in [1.82, 2.24) is 30.8 Å². The highest BCUT2D eigenvalue weighted by Crippen LogP contribution is 2.30. The SMILES string of the molecule is CC(C)[C@H](NC(=O)c1ccc2ccccc2n1)C(=O)N[C@@H](Cc1ccccc1)[C@H](O)CN1CC[C@@H](SCc2cccnc2)CC1C(=O)NC(C)(C)C. The number of thioether (sulfide) groups is 1. The molecule has 0 spiro atoms. The molecule has 1 unspecified atom stereocenters. The number of likely N-dealkylation sites (tertiary alicyclic amines) is 1. The van der Waals surface area contributed by atoms with E-state index in [9.17, 15) is 19.5 Å². The summed E-state index contributed by atoms with van der Waals surface area (Å²) in [4.78, 5) is 51.9. The zero-order valence-corrected chi connectivity index (χ0v) is 31.6. The molecular formula is C41H52N6O4S. The van der Waals surface area contributed by atoms with Gasteiger partial charge in [-0.25, -0.2) is 4.98 Å². The van der Waals surface area contributed by atoms with Gasteiger partial charge >= 0.3 is 0 Å². The Morgan fingerprint density at radius 2 is 1.67 bits per heavy atom. The maximum Gasteiger partial charge on any atom is 0.270 e. The maximum absolute atomic E-state index is 14.0. The standard InChI is InChI=1S/C41H52N6O4S/c1-27(2)37(45-38(49)33-18-17-30-15-9-10-16-32(30)43-33)40(51)44-34(22-28-12-7-6-8-13-28)36(48)25-47-21-19-31(52-26-29-14-11-20-42-24-29)23-35(47)39(50)46-41(3,4)5/h6-18,20,24,27,31,34-37,48H,19,21-23,25-26H2,1-5H3,(H,44,51)(H,45,49)(H,46,50)/t31-,34+,35?,36-,37+/m1/s1. The third kappa shape index (κ3) is 11.1. The van der Waals surface area contributed by atoms with Crippen LogP contribution >= 0.6 is 11.8 Å². The number of fused-ring (bicyclic) bond motifs is 1. The number of aliphatic hydroxyl groups excluding tert-OH is 1. The molecule has 11 heteroatoms. The molecule has 0 saturated carbocycles. The second kappa shape index (κ2) is 17.9. The van der Waals surface area contributed by atoms with Crippen molar-refractivity contribution in [3.8, 4) is 0 Å². The maximum atomic E-state index is 14.0. The van der Waals surface area contributed by atoms with E-state index in [0.717, 1.165) is 28.7 Å². The van der Waals surface area contributed by atoms with Crippen LogP contribution in [0.1, 0.15) is 69.1 Å². The molecule has 5 rings (SSSR count). The molecule has 1 aliphatic heterocycles. The van der Waals surface area contributed by atoms with Crippen LogP contribution in [0.2, 0.25) is 0 Å². The lowest BCUT2D eigenvalue weighted by atomic mass is 9.95. The van der Waals surface area contributed by atoms with Gasteiger partial charge in [0, 0.05) is 47.4 Å². The molecule has 2 aromatic carbocycles. The molecule has 10 nitrogen and oxygen atoms in total. The minimum atomic E-state index is -1.00. The number of amides is 3. The largest absolute Gasteiger partial charge is 0.390 e. The first-order valence-electron chi connectivity index (χ1n) is 18.1. The molecule has 0 radical (unpaired) electrons. The second-order valence-electron chi connectivity index (χ2n) is 15.0. The molecule has 276 valence electrons. The van der Waals surface area contributed by atoms with Crippen LogP contribution in [0, 0.1) is 5.92 Å². The second-order valence-corrected chi connectivity index (χ2v) is 16.3. The van der Waals surface area contributed by atoms with Crippen molar-refractivity contribution >= 4 is 40.4 Å². The van der Waals surface area contributed by atoms with Crippen LogP contribution in [0.4, 0.5) is 0 Å². The van der Waals surface area contributed by atoms with Crippen molar-refractivity contribution < 1.29 is 19.5 Å². The third-order valence-corrected chi connectivity index (χ3v) is 10.7. The zero-order chi connectivity index (χ0) is 37.3. The van der Waals surface area contributed by atoms with E-state index in [1.165, 1.54) is 0 Å². The van der Waals surface area contributed by atoms with Crippen molar-refractivity contribution in [2.24, 2.45) is 5.92 Å². The first kappa shape index (κ1) is 38.9. The van der Waals surface area contributed by atoms with Crippen molar-refractivity contribution in [3.63, 3.8) is 0 Å². The molecule has 0 aliphatic carbocycles. The summed E-state index contributed by atoms with van der Waals surface area (Å²) in [6, 6.07) is 22.7. The Balaban J connectivity index is 1.31. The van der Waals surface area contributed by atoms with E-state index in [1.54, 1.807) is 12.3 Å². The summed E-state index contributed by atoms with van der Waals surface area (Å²) in [5.41, 5.74) is 2.59. The molecular weight excluding hydrogens is 673 g/mol. The lowest BCUT2D eigenvalue weighted by Crippen LogP contribution is -2.60. The Hall–Kier alpha value is -4.32. The van der Waals surface area contributed by atoms with Crippen molar-refractivity contribution in [3.05, 3.63) is 108 Å². The molecule has 3 amide bonds. The van der Waals surface area contributed by atoms with Crippen LogP contribution in [0.15, 0.2) is 91.3 Å². The molecule has 1 aliphatic rings. The van der Waals surface area contributed by atoms with Crippen LogP contribution in [0.5, 0.6) is 0 Å². The van der Waals surface area contributed by atoms with E-state index in [-0.39, 0.29) is 29.3 Å².